The summed E-state index contributed by atoms with van der Waals surface area (Å²) in [6.07, 6.45) is 0. The third kappa shape index (κ3) is 7.17. The van der Waals surface area contributed by atoms with Crippen LogP contribution in [-0.2, 0) is 19.1 Å². The fraction of sp³-hybridized carbons (Fsp3) is 0.750. The minimum atomic E-state index is -0.800. The van der Waals surface area contributed by atoms with Gasteiger partial charge in [0.2, 0.25) is 11.0 Å². The normalized spacial score (nSPS) is 13.8. The van der Waals surface area contributed by atoms with Crippen LogP contribution in [0.4, 0.5) is 0 Å². The van der Waals surface area contributed by atoms with Crippen LogP contribution in [0.2, 0.25) is 0 Å². The van der Waals surface area contributed by atoms with E-state index < -0.39 is 12.0 Å². The maximum Gasteiger partial charge on any atom is 0.329 e. The van der Waals surface area contributed by atoms with E-state index in [0.717, 1.165) is 11.8 Å². The Balaban J connectivity index is 4.45. The van der Waals surface area contributed by atoms with Gasteiger partial charge in [0, 0.05) is 18.6 Å². The summed E-state index contributed by atoms with van der Waals surface area (Å²) in [4.78, 5) is 34.4. The zero-order chi connectivity index (χ0) is 15.0. The highest BCUT2D eigenvalue weighted by atomic mass is 32.2. The molecular formula is C12H23N2O4S+. The molecule has 0 aromatic rings. The molecule has 0 aromatic heterocycles. The van der Waals surface area contributed by atoms with Crippen molar-refractivity contribution in [3.8, 4) is 0 Å². The van der Waals surface area contributed by atoms with Gasteiger partial charge in [-0.1, -0.05) is 25.6 Å². The molecule has 0 unspecified atom stereocenters. The van der Waals surface area contributed by atoms with E-state index >= 15 is 0 Å². The van der Waals surface area contributed by atoms with Crippen LogP contribution in [0.15, 0.2) is 0 Å². The van der Waals surface area contributed by atoms with E-state index in [1.165, 1.54) is 6.92 Å². The van der Waals surface area contributed by atoms with Crippen molar-refractivity contribution in [2.75, 3.05) is 12.4 Å². The second-order valence-electron chi connectivity index (χ2n) is 4.49. The topological polar surface area (TPSA) is 100 Å². The van der Waals surface area contributed by atoms with Crippen molar-refractivity contribution < 1.29 is 24.9 Å². The van der Waals surface area contributed by atoms with E-state index in [0.29, 0.717) is 0 Å². The highest BCUT2D eigenvalue weighted by Crippen LogP contribution is 2.11. The Hall–Kier alpha value is -1.08. The van der Waals surface area contributed by atoms with E-state index in [1.54, 1.807) is 6.92 Å². The summed E-state index contributed by atoms with van der Waals surface area (Å²) in [5.41, 5.74) is 3.78. The largest absolute Gasteiger partial charge is 0.464 e. The average Bonchev–Trinajstić information content (AvgIpc) is 2.32. The number of hydrogen-bond acceptors (Lipinski definition) is 5. The van der Waals surface area contributed by atoms with Crippen molar-refractivity contribution >= 4 is 28.8 Å². The number of nitrogens with one attached hydrogen (secondary N) is 1. The second kappa shape index (κ2) is 8.92. The Morgan fingerprint density at radius 1 is 1.32 bits per heavy atom. The molecule has 4 N–H and O–H groups in total. The van der Waals surface area contributed by atoms with Gasteiger partial charge in [-0.05, 0) is 6.92 Å². The van der Waals surface area contributed by atoms with Crippen LogP contribution < -0.4 is 11.1 Å². The lowest BCUT2D eigenvalue weighted by Crippen LogP contribution is -2.66. The number of amides is 1. The van der Waals surface area contributed by atoms with Gasteiger partial charge in [-0.2, -0.15) is 0 Å². The Labute approximate surface area is 117 Å². The van der Waals surface area contributed by atoms with E-state index in [1.807, 2.05) is 13.8 Å². The Morgan fingerprint density at radius 3 is 2.32 bits per heavy atom. The van der Waals surface area contributed by atoms with Gasteiger partial charge in [-0.3, -0.25) is 9.59 Å². The van der Waals surface area contributed by atoms with Crippen LogP contribution in [0.5, 0.6) is 0 Å². The predicted molar refractivity (Wildman–Crippen MR) is 73.2 cm³/mol. The van der Waals surface area contributed by atoms with Gasteiger partial charge in [-0.15, -0.1) is 0 Å². The van der Waals surface area contributed by atoms with Crippen LogP contribution in [0.3, 0.4) is 0 Å². The molecule has 0 aliphatic heterocycles. The molecule has 0 aromatic carbocycles. The maximum atomic E-state index is 11.8. The van der Waals surface area contributed by atoms with Gasteiger partial charge in [-0.25, -0.2) is 4.79 Å². The van der Waals surface area contributed by atoms with Crippen molar-refractivity contribution in [1.29, 1.82) is 0 Å². The number of hydrogen-bond donors (Lipinski definition) is 2. The quantitative estimate of drug-likeness (QED) is 0.621. The molecule has 0 bridgehead atoms. The molecule has 0 radical (unpaired) electrons. The SMILES string of the molecule is CCOC(=O)[C@H](CSC(=O)[C@@H]([NH3+])C(C)C)NC(C)=O. The van der Waals surface area contributed by atoms with Gasteiger partial charge in [0.1, 0.15) is 6.04 Å². The van der Waals surface area contributed by atoms with Crippen molar-refractivity contribution in [2.24, 2.45) is 5.92 Å². The molecule has 0 saturated carbocycles. The molecule has 0 aliphatic rings. The molecule has 110 valence electrons. The lowest BCUT2D eigenvalue weighted by molar-refractivity contribution is -0.411. The van der Waals surface area contributed by atoms with Crippen LogP contribution in [0.1, 0.15) is 27.7 Å². The van der Waals surface area contributed by atoms with E-state index in [-0.39, 0.29) is 35.3 Å². The first-order valence-electron chi connectivity index (χ1n) is 6.23. The molecule has 0 rings (SSSR count). The summed E-state index contributed by atoms with van der Waals surface area (Å²) in [6.45, 7) is 7.06. The van der Waals surface area contributed by atoms with E-state index in [2.05, 4.69) is 11.1 Å². The van der Waals surface area contributed by atoms with Crippen molar-refractivity contribution in [2.45, 2.75) is 39.8 Å². The third-order valence-corrected chi connectivity index (χ3v) is 3.54. The fourth-order valence-corrected chi connectivity index (χ4v) is 2.24. The summed E-state index contributed by atoms with van der Waals surface area (Å²) in [7, 11) is 0. The molecule has 6 nitrogen and oxygen atoms in total. The van der Waals surface area contributed by atoms with Crippen LogP contribution in [-0.4, -0.2) is 41.4 Å². The van der Waals surface area contributed by atoms with Gasteiger partial charge in [0.25, 0.3) is 0 Å². The minimum absolute atomic E-state index is 0.0883. The Kier molecular flexibility index (Phi) is 8.42. The van der Waals surface area contributed by atoms with Gasteiger partial charge in [0.05, 0.1) is 6.61 Å². The molecule has 0 aliphatic carbocycles. The zero-order valence-corrected chi connectivity index (χ0v) is 12.7. The van der Waals surface area contributed by atoms with Crippen molar-refractivity contribution in [1.82, 2.24) is 5.32 Å². The molecule has 7 heteroatoms. The Bertz CT molecular complexity index is 334. The van der Waals surface area contributed by atoms with E-state index in [4.69, 9.17) is 4.74 Å². The molecule has 2 atom stereocenters. The minimum Gasteiger partial charge on any atom is -0.464 e. The fourth-order valence-electron chi connectivity index (χ4n) is 1.20. The zero-order valence-electron chi connectivity index (χ0n) is 11.9. The Morgan fingerprint density at radius 2 is 1.89 bits per heavy atom. The standard InChI is InChI=1S/C12H22N2O4S/c1-5-18-11(16)9(14-8(4)15)6-19-12(17)10(13)7(2)3/h7,9-10H,5-6,13H2,1-4H3,(H,14,15)/p+1/t9-,10-/m0/s1. The molecule has 0 heterocycles. The van der Waals surface area contributed by atoms with Gasteiger partial charge >= 0.3 is 5.97 Å². The summed E-state index contributed by atoms with van der Waals surface area (Å²) >= 11 is 1.00. The number of esters is 1. The first kappa shape index (κ1) is 17.9. The smallest absolute Gasteiger partial charge is 0.329 e. The van der Waals surface area contributed by atoms with Crippen LogP contribution in [0, 0.1) is 5.92 Å². The molecule has 0 saturated heterocycles. The van der Waals surface area contributed by atoms with Gasteiger partial charge in [0.15, 0.2) is 6.04 Å². The molecule has 0 spiro atoms. The maximum absolute atomic E-state index is 11.8. The van der Waals surface area contributed by atoms with Crippen LogP contribution in [0.25, 0.3) is 0 Å². The van der Waals surface area contributed by atoms with Crippen molar-refractivity contribution in [3.63, 3.8) is 0 Å². The monoisotopic (exact) mass is 291 g/mol. The second-order valence-corrected chi connectivity index (χ2v) is 5.51. The molecular weight excluding hydrogens is 268 g/mol. The molecule has 19 heavy (non-hydrogen) atoms. The summed E-state index contributed by atoms with van der Waals surface area (Å²) in [5.74, 6) is -0.554. The van der Waals surface area contributed by atoms with Crippen LogP contribution >= 0.6 is 11.8 Å². The summed E-state index contributed by atoms with van der Waals surface area (Å²) in [6, 6.07) is -1.13. The number of rotatable bonds is 7. The highest BCUT2D eigenvalue weighted by molar-refractivity contribution is 8.13. The molecule has 0 fully saturated rings. The number of quaternary nitrogens is 1. The average molecular weight is 291 g/mol. The summed E-state index contributed by atoms with van der Waals surface area (Å²) < 4.78 is 4.85. The number of carbonyl (C=O) groups excluding carboxylic acids is 3. The van der Waals surface area contributed by atoms with Crippen molar-refractivity contribution in [3.05, 3.63) is 0 Å². The third-order valence-electron chi connectivity index (χ3n) is 2.45. The number of ether oxygens (including phenoxy) is 1. The van der Waals surface area contributed by atoms with Gasteiger partial charge < -0.3 is 15.8 Å². The highest BCUT2D eigenvalue weighted by Gasteiger charge is 2.26. The number of thioether (sulfide) groups is 1. The summed E-state index contributed by atoms with van der Waals surface area (Å²) in [5, 5.41) is 2.39. The lowest BCUT2D eigenvalue weighted by Gasteiger charge is -2.16. The molecule has 1 amide bonds. The first-order chi connectivity index (χ1) is 8.79. The first-order valence-corrected chi connectivity index (χ1v) is 7.21. The predicted octanol–water partition coefficient (Wildman–Crippen LogP) is -0.419. The number of carbonyl (C=O) groups is 3. The van der Waals surface area contributed by atoms with E-state index in [9.17, 15) is 14.4 Å². The lowest BCUT2D eigenvalue weighted by atomic mass is 10.1.